The summed E-state index contributed by atoms with van der Waals surface area (Å²) >= 11 is 3.54. The number of nitrogens with one attached hydrogen (secondary N) is 1. The first-order valence-electron chi connectivity index (χ1n) is 9.33. The van der Waals surface area contributed by atoms with Crippen molar-refractivity contribution in [3.63, 3.8) is 0 Å². The maximum absolute atomic E-state index is 13.4. The largest absolute Gasteiger partial charge is 0.349 e. The van der Waals surface area contributed by atoms with Gasteiger partial charge in [-0.25, -0.2) is 0 Å². The van der Waals surface area contributed by atoms with Crippen molar-refractivity contribution < 1.29 is 4.79 Å². The lowest BCUT2D eigenvalue weighted by molar-refractivity contribution is 0.0678. The van der Waals surface area contributed by atoms with Gasteiger partial charge >= 0.3 is 0 Å². The van der Waals surface area contributed by atoms with Crippen LogP contribution in [0.2, 0.25) is 0 Å². The highest BCUT2D eigenvalue weighted by Gasteiger charge is 2.31. The predicted molar refractivity (Wildman–Crippen MR) is 108 cm³/mol. The first-order chi connectivity index (χ1) is 12.6. The second kappa shape index (κ2) is 5.98. The highest BCUT2D eigenvalue weighted by Crippen LogP contribution is 2.44. The minimum atomic E-state index is 0.114. The molecule has 5 rings (SSSR count). The Hall–Kier alpha value is -2.07. The van der Waals surface area contributed by atoms with E-state index in [-0.39, 0.29) is 11.9 Å². The van der Waals surface area contributed by atoms with E-state index in [9.17, 15) is 4.79 Å². The Balaban J connectivity index is 1.55. The topological polar surface area (TPSA) is 36.1 Å². The number of amides is 1. The lowest BCUT2D eigenvalue weighted by atomic mass is 9.92. The minimum Gasteiger partial charge on any atom is -0.349 e. The van der Waals surface area contributed by atoms with Crippen LogP contribution in [0.1, 0.15) is 58.8 Å². The van der Waals surface area contributed by atoms with Crippen LogP contribution in [0, 0.1) is 0 Å². The number of carbonyl (C=O) groups excluding carboxylic acids is 1. The average molecular weight is 409 g/mol. The first-order valence-corrected chi connectivity index (χ1v) is 10.1. The fourth-order valence-corrected chi connectivity index (χ4v) is 4.74. The van der Waals surface area contributed by atoms with Crippen LogP contribution in [0.15, 0.2) is 47.1 Å². The van der Waals surface area contributed by atoms with Gasteiger partial charge in [-0.3, -0.25) is 4.79 Å². The van der Waals surface area contributed by atoms with Crippen LogP contribution < -0.4 is 0 Å². The van der Waals surface area contributed by atoms with Crippen molar-refractivity contribution in [3.05, 3.63) is 69.3 Å². The van der Waals surface area contributed by atoms with Gasteiger partial charge in [-0.2, -0.15) is 0 Å². The monoisotopic (exact) mass is 408 g/mol. The molecule has 26 heavy (non-hydrogen) atoms. The van der Waals surface area contributed by atoms with E-state index in [1.165, 1.54) is 34.9 Å². The molecule has 1 amide bonds. The summed E-state index contributed by atoms with van der Waals surface area (Å²) in [6.07, 6.45) is 3.38. The summed E-state index contributed by atoms with van der Waals surface area (Å²) in [7, 11) is 0. The molecular formula is C22H21BrN2O. The van der Waals surface area contributed by atoms with Crippen molar-refractivity contribution in [3.8, 4) is 0 Å². The molecule has 1 aromatic heterocycles. The van der Waals surface area contributed by atoms with Gasteiger partial charge in [0.05, 0.1) is 10.6 Å². The molecule has 2 heterocycles. The summed E-state index contributed by atoms with van der Waals surface area (Å²) in [4.78, 5) is 18.7. The molecule has 1 atom stereocenters. The summed E-state index contributed by atoms with van der Waals surface area (Å²) in [6.45, 7) is 2.92. The minimum absolute atomic E-state index is 0.114. The molecule has 3 nitrogen and oxygen atoms in total. The molecule has 1 aliphatic carbocycles. The number of H-pyrrole nitrogens is 1. The molecular weight excluding hydrogens is 388 g/mol. The molecule has 1 unspecified atom stereocenters. The van der Waals surface area contributed by atoms with Gasteiger partial charge in [0.2, 0.25) is 0 Å². The SMILES string of the molecule is CC1c2ccccc2CCN1C(=O)c1cc(C2CC2)c2cc(Br)[nH]c2c1. The molecule has 0 bridgehead atoms. The molecule has 4 heteroatoms. The van der Waals surface area contributed by atoms with Crippen molar-refractivity contribution in [1.82, 2.24) is 9.88 Å². The summed E-state index contributed by atoms with van der Waals surface area (Å²) < 4.78 is 0.972. The fraction of sp³-hybridized carbons (Fsp3) is 0.318. The van der Waals surface area contributed by atoms with Gasteiger partial charge in [0, 0.05) is 23.0 Å². The number of nitrogens with zero attached hydrogens (tertiary/aromatic N) is 1. The van der Waals surface area contributed by atoms with Crippen LogP contribution in [0.5, 0.6) is 0 Å². The van der Waals surface area contributed by atoms with Gasteiger partial charge in [-0.05, 0) is 82.9 Å². The number of hydrogen-bond donors (Lipinski definition) is 1. The third-order valence-corrected chi connectivity index (χ3v) is 6.28. The Morgan fingerprint density at radius 2 is 1.96 bits per heavy atom. The van der Waals surface area contributed by atoms with E-state index < -0.39 is 0 Å². The van der Waals surface area contributed by atoms with Crippen LogP contribution in [0.4, 0.5) is 0 Å². The second-order valence-corrected chi connectivity index (χ2v) is 8.40. The molecule has 2 aromatic carbocycles. The quantitative estimate of drug-likeness (QED) is 0.591. The average Bonchev–Trinajstić information content (AvgIpc) is 3.41. The van der Waals surface area contributed by atoms with Crippen LogP contribution >= 0.6 is 15.9 Å². The molecule has 1 aliphatic heterocycles. The summed E-state index contributed by atoms with van der Waals surface area (Å²) in [5, 5.41) is 1.24. The highest BCUT2D eigenvalue weighted by atomic mass is 79.9. The summed E-state index contributed by atoms with van der Waals surface area (Å²) in [6, 6.07) is 14.9. The summed E-state index contributed by atoms with van der Waals surface area (Å²) in [5.74, 6) is 0.744. The van der Waals surface area contributed by atoms with Crippen molar-refractivity contribution in [2.45, 2.75) is 38.1 Å². The maximum atomic E-state index is 13.4. The van der Waals surface area contributed by atoms with Gasteiger partial charge < -0.3 is 9.88 Å². The maximum Gasteiger partial charge on any atom is 0.254 e. The Bertz CT molecular complexity index is 1020. The van der Waals surface area contributed by atoms with Crippen molar-refractivity contribution in [1.29, 1.82) is 0 Å². The van der Waals surface area contributed by atoms with E-state index in [2.05, 4.69) is 64.2 Å². The van der Waals surface area contributed by atoms with Gasteiger partial charge in [0.1, 0.15) is 0 Å². The smallest absolute Gasteiger partial charge is 0.254 e. The predicted octanol–water partition coefficient (Wildman–Crippen LogP) is 5.57. The van der Waals surface area contributed by atoms with E-state index in [0.717, 1.165) is 28.6 Å². The van der Waals surface area contributed by atoms with E-state index >= 15 is 0 Å². The number of aromatic nitrogens is 1. The third kappa shape index (κ3) is 2.59. The Morgan fingerprint density at radius 3 is 2.77 bits per heavy atom. The van der Waals surface area contributed by atoms with Gasteiger partial charge in [0.25, 0.3) is 5.91 Å². The Labute approximate surface area is 161 Å². The zero-order valence-electron chi connectivity index (χ0n) is 14.8. The van der Waals surface area contributed by atoms with Crippen molar-refractivity contribution in [2.75, 3.05) is 6.54 Å². The molecule has 1 fully saturated rings. The molecule has 0 spiro atoms. The van der Waals surface area contributed by atoms with Crippen LogP contribution in [0.3, 0.4) is 0 Å². The lowest BCUT2D eigenvalue weighted by Gasteiger charge is -2.35. The fourth-order valence-electron chi connectivity index (χ4n) is 4.30. The van der Waals surface area contributed by atoms with E-state index in [4.69, 9.17) is 0 Å². The first kappa shape index (κ1) is 16.1. The number of fused-ring (bicyclic) bond motifs is 2. The number of carbonyl (C=O) groups is 1. The van der Waals surface area contributed by atoms with E-state index in [1.54, 1.807) is 0 Å². The molecule has 2 aliphatic rings. The molecule has 0 saturated heterocycles. The van der Waals surface area contributed by atoms with Gasteiger partial charge in [-0.1, -0.05) is 24.3 Å². The van der Waals surface area contributed by atoms with Crippen molar-refractivity contribution in [2.24, 2.45) is 0 Å². The highest BCUT2D eigenvalue weighted by molar-refractivity contribution is 9.10. The van der Waals surface area contributed by atoms with Crippen LogP contribution in [-0.2, 0) is 6.42 Å². The normalized spacial score (nSPS) is 19.6. The zero-order valence-corrected chi connectivity index (χ0v) is 16.3. The van der Waals surface area contributed by atoms with E-state index in [0.29, 0.717) is 5.92 Å². The number of halogens is 1. The van der Waals surface area contributed by atoms with Crippen LogP contribution in [0.25, 0.3) is 10.9 Å². The van der Waals surface area contributed by atoms with Crippen LogP contribution in [-0.4, -0.2) is 22.3 Å². The molecule has 132 valence electrons. The van der Waals surface area contributed by atoms with Crippen molar-refractivity contribution >= 4 is 32.7 Å². The number of benzene rings is 2. The Morgan fingerprint density at radius 1 is 1.15 bits per heavy atom. The molecule has 3 aromatic rings. The zero-order chi connectivity index (χ0) is 17.8. The third-order valence-electron chi connectivity index (χ3n) is 5.86. The Kier molecular flexibility index (Phi) is 3.71. The number of hydrogen-bond acceptors (Lipinski definition) is 1. The number of rotatable bonds is 2. The standard InChI is InChI=1S/C22H21BrN2O/c1-13-17-5-3-2-4-14(17)8-9-25(13)22(26)16-10-18(15-6-7-15)19-12-21(23)24-20(19)11-16/h2-5,10-13,15,24H,6-9H2,1H3. The second-order valence-electron chi connectivity index (χ2n) is 7.54. The summed E-state index contributed by atoms with van der Waals surface area (Å²) in [5.41, 5.74) is 5.82. The molecule has 1 N–H and O–H groups in total. The number of aromatic amines is 1. The lowest BCUT2D eigenvalue weighted by Crippen LogP contribution is -2.38. The molecule has 0 radical (unpaired) electrons. The van der Waals surface area contributed by atoms with Gasteiger partial charge in [0.15, 0.2) is 0 Å². The molecule has 1 saturated carbocycles. The van der Waals surface area contributed by atoms with Gasteiger partial charge in [-0.15, -0.1) is 0 Å². The van der Waals surface area contributed by atoms with E-state index in [1.807, 2.05) is 11.0 Å².